The molecule has 2 N–H and O–H groups in total. The van der Waals surface area contributed by atoms with Crippen LogP contribution in [0, 0.1) is 5.92 Å². The molecule has 0 amide bonds. The SMILES string of the molecule is CCC1C=CC=CC1(O)N1CCNCC1. The summed E-state index contributed by atoms with van der Waals surface area (Å²) in [6.45, 7) is 5.91. The lowest BCUT2D eigenvalue weighted by Gasteiger charge is -2.44. The van der Waals surface area contributed by atoms with Crippen LogP contribution in [-0.2, 0) is 0 Å². The minimum Gasteiger partial charge on any atom is -0.371 e. The van der Waals surface area contributed by atoms with Crippen molar-refractivity contribution in [3.05, 3.63) is 24.3 Å². The molecule has 1 aliphatic carbocycles. The molecular weight excluding hydrogens is 188 g/mol. The first kappa shape index (κ1) is 10.9. The molecule has 2 rings (SSSR count). The largest absolute Gasteiger partial charge is 0.371 e. The Labute approximate surface area is 91.5 Å². The number of hydrogen-bond acceptors (Lipinski definition) is 3. The van der Waals surface area contributed by atoms with E-state index in [1.165, 1.54) is 0 Å². The van der Waals surface area contributed by atoms with Crippen LogP contribution in [0.4, 0.5) is 0 Å². The molecule has 1 heterocycles. The van der Waals surface area contributed by atoms with E-state index in [0.29, 0.717) is 0 Å². The second kappa shape index (κ2) is 4.47. The molecule has 3 nitrogen and oxygen atoms in total. The van der Waals surface area contributed by atoms with Crippen LogP contribution in [0.2, 0.25) is 0 Å². The van der Waals surface area contributed by atoms with Gasteiger partial charge in [-0.25, -0.2) is 0 Å². The Hall–Kier alpha value is -0.640. The van der Waals surface area contributed by atoms with Crippen LogP contribution in [0.25, 0.3) is 0 Å². The van der Waals surface area contributed by atoms with Gasteiger partial charge in [-0.3, -0.25) is 4.90 Å². The normalized spacial score (nSPS) is 37.1. The van der Waals surface area contributed by atoms with Crippen molar-refractivity contribution in [1.82, 2.24) is 10.2 Å². The summed E-state index contributed by atoms with van der Waals surface area (Å²) in [6, 6.07) is 0. The van der Waals surface area contributed by atoms with Crippen LogP contribution in [0.5, 0.6) is 0 Å². The summed E-state index contributed by atoms with van der Waals surface area (Å²) in [6.07, 6.45) is 9.01. The maximum atomic E-state index is 10.7. The van der Waals surface area contributed by atoms with Crippen LogP contribution in [0.15, 0.2) is 24.3 Å². The van der Waals surface area contributed by atoms with Gasteiger partial charge in [0.2, 0.25) is 0 Å². The van der Waals surface area contributed by atoms with Crippen molar-refractivity contribution < 1.29 is 5.11 Å². The Bertz CT molecular complexity index is 269. The van der Waals surface area contributed by atoms with Crippen molar-refractivity contribution in [2.24, 2.45) is 5.92 Å². The first-order valence-corrected chi connectivity index (χ1v) is 5.81. The molecule has 1 saturated heterocycles. The third kappa shape index (κ3) is 2.00. The standard InChI is InChI=1S/C12H20N2O/c1-2-11-5-3-4-6-12(11,15)14-9-7-13-8-10-14/h3-6,11,13,15H,2,7-10H2,1H3. The fourth-order valence-electron chi connectivity index (χ4n) is 2.46. The van der Waals surface area contributed by atoms with Crippen molar-refractivity contribution in [2.45, 2.75) is 19.1 Å². The Morgan fingerprint density at radius 3 is 2.80 bits per heavy atom. The van der Waals surface area contributed by atoms with Gasteiger partial charge < -0.3 is 10.4 Å². The van der Waals surface area contributed by atoms with Gasteiger partial charge in [0.25, 0.3) is 0 Å². The number of aliphatic hydroxyl groups is 1. The fraction of sp³-hybridized carbons (Fsp3) is 0.667. The maximum absolute atomic E-state index is 10.7. The summed E-state index contributed by atoms with van der Waals surface area (Å²) in [5.41, 5.74) is -0.758. The second-order valence-corrected chi connectivity index (χ2v) is 4.28. The van der Waals surface area contributed by atoms with E-state index in [9.17, 15) is 5.11 Å². The summed E-state index contributed by atoms with van der Waals surface area (Å²) in [5, 5.41) is 14.0. The van der Waals surface area contributed by atoms with E-state index in [2.05, 4.69) is 23.2 Å². The molecule has 0 bridgehead atoms. The number of hydrogen-bond donors (Lipinski definition) is 2. The van der Waals surface area contributed by atoms with Crippen molar-refractivity contribution in [3.8, 4) is 0 Å². The molecular formula is C12H20N2O. The van der Waals surface area contributed by atoms with Crippen molar-refractivity contribution in [2.75, 3.05) is 26.2 Å². The second-order valence-electron chi connectivity index (χ2n) is 4.28. The van der Waals surface area contributed by atoms with Crippen LogP contribution in [0.3, 0.4) is 0 Å². The molecule has 1 fully saturated rings. The Morgan fingerprint density at radius 2 is 2.13 bits per heavy atom. The monoisotopic (exact) mass is 208 g/mol. The lowest BCUT2D eigenvalue weighted by Crippen LogP contribution is -2.58. The number of nitrogens with zero attached hydrogens (tertiary/aromatic N) is 1. The Morgan fingerprint density at radius 1 is 1.40 bits per heavy atom. The summed E-state index contributed by atoms with van der Waals surface area (Å²) >= 11 is 0. The van der Waals surface area contributed by atoms with E-state index in [1.54, 1.807) is 0 Å². The number of nitrogens with one attached hydrogen (secondary N) is 1. The summed E-state index contributed by atoms with van der Waals surface area (Å²) in [7, 11) is 0. The third-order valence-electron chi connectivity index (χ3n) is 3.41. The van der Waals surface area contributed by atoms with Gasteiger partial charge in [-0.15, -0.1) is 0 Å². The molecule has 1 aliphatic heterocycles. The zero-order valence-corrected chi connectivity index (χ0v) is 9.32. The molecule has 0 aromatic heterocycles. The first-order chi connectivity index (χ1) is 7.27. The molecule has 0 saturated carbocycles. The van der Waals surface area contributed by atoms with Gasteiger partial charge in [0, 0.05) is 32.1 Å². The zero-order chi connectivity index (χ0) is 10.7. The molecule has 0 radical (unpaired) electrons. The number of piperazine rings is 1. The highest BCUT2D eigenvalue weighted by Crippen LogP contribution is 2.30. The van der Waals surface area contributed by atoms with Gasteiger partial charge in [0.15, 0.2) is 0 Å². The van der Waals surface area contributed by atoms with Crippen molar-refractivity contribution >= 4 is 0 Å². The molecule has 84 valence electrons. The van der Waals surface area contributed by atoms with E-state index >= 15 is 0 Å². The topological polar surface area (TPSA) is 35.5 Å². The molecule has 0 spiro atoms. The van der Waals surface area contributed by atoms with E-state index in [0.717, 1.165) is 32.6 Å². The van der Waals surface area contributed by atoms with Crippen LogP contribution in [0.1, 0.15) is 13.3 Å². The average Bonchev–Trinajstić information content (AvgIpc) is 2.31. The minimum absolute atomic E-state index is 0.223. The highest BCUT2D eigenvalue weighted by atomic mass is 16.3. The molecule has 3 heteroatoms. The van der Waals surface area contributed by atoms with Gasteiger partial charge in [0.05, 0.1) is 0 Å². The Balaban J connectivity index is 2.15. The summed E-state index contributed by atoms with van der Waals surface area (Å²) < 4.78 is 0. The predicted octanol–water partition coefficient (Wildman–Crippen LogP) is 0.732. The molecule has 0 aromatic rings. The predicted molar refractivity (Wildman–Crippen MR) is 61.5 cm³/mol. The van der Waals surface area contributed by atoms with E-state index < -0.39 is 5.72 Å². The van der Waals surface area contributed by atoms with Crippen molar-refractivity contribution in [1.29, 1.82) is 0 Å². The maximum Gasteiger partial charge on any atom is 0.144 e. The number of allylic oxidation sites excluding steroid dienone is 2. The molecule has 2 atom stereocenters. The highest BCUT2D eigenvalue weighted by molar-refractivity contribution is 5.21. The average molecular weight is 208 g/mol. The number of rotatable bonds is 2. The quantitative estimate of drug-likeness (QED) is 0.702. The van der Waals surface area contributed by atoms with E-state index in [4.69, 9.17) is 0 Å². The molecule has 0 aromatic carbocycles. The van der Waals surface area contributed by atoms with E-state index in [-0.39, 0.29) is 5.92 Å². The van der Waals surface area contributed by atoms with Crippen molar-refractivity contribution in [3.63, 3.8) is 0 Å². The minimum atomic E-state index is -0.758. The lowest BCUT2D eigenvalue weighted by molar-refractivity contribution is -0.104. The third-order valence-corrected chi connectivity index (χ3v) is 3.41. The van der Waals surface area contributed by atoms with Crippen LogP contribution >= 0.6 is 0 Å². The first-order valence-electron chi connectivity index (χ1n) is 5.81. The van der Waals surface area contributed by atoms with Gasteiger partial charge >= 0.3 is 0 Å². The van der Waals surface area contributed by atoms with Gasteiger partial charge in [-0.1, -0.05) is 25.2 Å². The van der Waals surface area contributed by atoms with Gasteiger partial charge in [0.1, 0.15) is 5.72 Å². The smallest absolute Gasteiger partial charge is 0.144 e. The lowest BCUT2D eigenvalue weighted by atomic mass is 9.87. The molecule has 2 unspecified atom stereocenters. The van der Waals surface area contributed by atoms with E-state index in [1.807, 2.05) is 18.2 Å². The fourth-order valence-corrected chi connectivity index (χ4v) is 2.46. The Kier molecular flexibility index (Phi) is 3.24. The van der Waals surface area contributed by atoms with Gasteiger partial charge in [-0.2, -0.15) is 0 Å². The summed E-state index contributed by atoms with van der Waals surface area (Å²) in [4.78, 5) is 2.18. The zero-order valence-electron chi connectivity index (χ0n) is 9.32. The molecule has 2 aliphatic rings. The van der Waals surface area contributed by atoms with Gasteiger partial charge in [-0.05, 0) is 12.5 Å². The van der Waals surface area contributed by atoms with Crippen LogP contribution in [-0.4, -0.2) is 41.9 Å². The van der Waals surface area contributed by atoms with Crippen LogP contribution < -0.4 is 5.32 Å². The highest BCUT2D eigenvalue weighted by Gasteiger charge is 2.39. The summed E-state index contributed by atoms with van der Waals surface area (Å²) in [5.74, 6) is 0.223. The molecule has 15 heavy (non-hydrogen) atoms.